The lowest BCUT2D eigenvalue weighted by atomic mass is 10.1. The van der Waals surface area contributed by atoms with Crippen molar-refractivity contribution < 1.29 is 37.4 Å². The number of benzene rings is 2. The van der Waals surface area contributed by atoms with Crippen molar-refractivity contribution in [1.82, 2.24) is 39.5 Å². The fraction of sp³-hybridized carbons (Fsp3) is 0.447. The Morgan fingerprint density at radius 1 is 0.697 bits per heavy atom. The maximum atomic E-state index is 12.7. The monoisotopic (exact) mass is 960 g/mol. The number of methoxy groups -OCH3 is 3. The van der Waals surface area contributed by atoms with E-state index in [0.29, 0.717) is 54.9 Å². The van der Waals surface area contributed by atoms with Gasteiger partial charge in [-0.3, -0.25) is 4.21 Å². The Morgan fingerprint density at radius 3 is 1.73 bits per heavy atom. The van der Waals surface area contributed by atoms with Crippen molar-refractivity contribution in [2.45, 2.75) is 61.8 Å². The Labute approximate surface area is 399 Å². The van der Waals surface area contributed by atoms with Crippen molar-refractivity contribution in [1.29, 1.82) is 0 Å². The van der Waals surface area contributed by atoms with Crippen LogP contribution in [0.3, 0.4) is 0 Å². The number of hydrogen-bond donors (Lipinski definition) is 1. The van der Waals surface area contributed by atoms with Crippen LogP contribution in [-0.4, -0.2) is 141 Å². The van der Waals surface area contributed by atoms with E-state index in [9.17, 15) is 4.21 Å². The molecule has 0 aliphatic carbocycles. The summed E-state index contributed by atoms with van der Waals surface area (Å²) in [7, 11) is 3.59. The van der Waals surface area contributed by atoms with Crippen molar-refractivity contribution in [2.75, 3.05) is 84.8 Å². The first-order chi connectivity index (χ1) is 32.2. The van der Waals surface area contributed by atoms with Crippen molar-refractivity contribution in [3.05, 3.63) is 96.3 Å². The largest absolute Gasteiger partial charge is 0.461 e. The second kappa shape index (κ2) is 27.2. The van der Waals surface area contributed by atoms with Crippen molar-refractivity contribution >= 4 is 35.2 Å². The van der Waals surface area contributed by atoms with Crippen LogP contribution >= 0.6 is 24.4 Å². The van der Waals surface area contributed by atoms with Crippen LogP contribution < -0.4 is 9.47 Å². The summed E-state index contributed by atoms with van der Waals surface area (Å²) in [5.41, 5.74) is 6.18. The van der Waals surface area contributed by atoms with Crippen molar-refractivity contribution in [3.63, 3.8) is 0 Å². The molecule has 0 N–H and O–H groups in total. The molecule has 19 heteroatoms. The lowest BCUT2D eigenvalue weighted by molar-refractivity contribution is 0.0642. The molecule has 2 aromatic carbocycles. The molecule has 0 bridgehead atoms. The van der Waals surface area contributed by atoms with Gasteiger partial charge in [-0.2, -0.15) is 42.8 Å². The third-order valence-corrected chi connectivity index (χ3v) is 12.3. The van der Waals surface area contributed by atoms with Crippen molar-refractivity contribution in [2.24, 2.45) is 0 Å². The van der Waals surface area contributed by atoms with Gasteiger partial charge in [-0.15, -0.1) is 11.8 Å². The minimum atomic E-state index is -1.34. The van der Waals surface area contributed by atoms with Crippen LogP contribution in [0.4, 0.5) is 0 Å². The maximum absolute atomic E-state index is 12.7. The first-order valence-electron chi connectivity index (χ1n) is 21.9. The van der Waals surface area contributed by atoms with E-state index in [1.54, 1.807) is 48.5 Å². The van der Waals surface area contributed by atoms with Gasteiger partial charge in [0, 0.05) is 81.7 Å². The number of aryl methyl sites for hydroxylation is 2. The Bertz CT molecular complexity index is 2410. The van der Waals surface area contributed by atoms with Crippen LogP contribution in [-0.2, 0) is 34.5 Å². The number of rotatable bonds is 20. The van der Waals surface area contributed by atoms with Gasteiger partial charge >= 0.3 is 12.0 Å². The summed E-state index contributed by atoms with van der Waals surface area (Å²) in [4.78, 5) is 18.0. The average molecular weight is 961 g/mol. The first-order valence-corrected chi connectivity index (χ1v) is 24.8. The summed E-state index contributed by atoms with van der Waals surface area (Å²) in [5, 5.41) is 10.6. The van der Waals surface area contributed by atoms with E-state index in [1.807, 2.05) is 61.8 Å². The molecule has 0 saturated carbocycles. The van der Waals surface area contributed by atoms with Gasteiger partial charge in [0.1, 0.15) is 23.3 Å². The predicted octanol–water partition coefficient (Wildman–Crippen LogP) is 7.45. The van der Waals surface area contributed by atoms with E-state index < -0.39 is 10.8 Å². The van der Waals surface area contributed by atoms with Gasteiger partial charge in [-0.25, -0.2) is 9.36 Å². The zero-order valence-corrected chi connectivity index (χ0v) is 40.8. The summed E-state index contributed by atoms with van der Waals surface area (Å²) >= 11 is 5.48. The highest BCUT2D eigenvalue weighted by atomic mass is 32.2. The highest BCUT2D eigenvalue weighted by Crippen LogP contribution is 2.25. The second-order valence-electron chi connectivity index (χ2n) is 15.2. The molecule has 0 radical (unpaired) electrons. The number of hydrogen-bond acceptors (Lipinski definition) is 16. The summed E-state index contributed by atoms with van der Waals surface area (Å²) in [6.45, 7) is 8.25. The van der Waals surface area contributed by atoms with Gasteiger partial charge in [0.25, 0.3) is 0 Å². The fourth-order valence-electron chi connectivity index (χ4n) is 6.63. The Kier molecular flexibility index (Phi) is 20.9. The standard InChI is InChI=1S/C22H26N4O4S.C22H26N4O3S.C3H8OS/c1-16-5-3-6-17(13-16)19-8-9-26(25-19)20-14-21(31(27)12-11-28-2)24-22(23-20)30-15-18-7-4-10-29-18;1-16-5-3-6-17(13-16)19-8-9-26(25-19)20-14-21(30-12-11-27-2)24-22(23-20)29-15-18-7-4-10-28-18;1-4-2-3-5/h3,5-6,8-9,13-14,18H,4,7,10-12,15H2,1-2H3;3,5-6,8-9,13-14,18H,4,7,10-12,15H2,1-2H3;5H,2-3H2,1H3. The Hall–Kier alpha value is -4.73. The summed E-state index contributed by atoms with van der Waals surface area (Å²) < 4.78 is 53.9. The van der Waals surface area contributed by atoms with Crippen molar-refractivity contribution in [3.8, 4) is 46.2 Å². The fourth-order valence-corrected chi connectivity index (χ4v) is 8.55. The Balaban J connectivity index is 0.000000198. The van der Waals surface area contributed by atoms with E-state index in [-0.39, 0.29) is 18.2 Å². The molecule has 6 aromatic rings. The van der Waals surface area contributed by atoms with Crippen LogP contribution in [0.25, 0.3) is 34.2 Å². The van der Waals surface area contributed by atoms with Crippen LogP contribution in [0.15, 0.2) is 95.2 Å². The minimum Gasteiger partial charge on any atom is -0.461 e. The number of thioether (sulfide) groups is 1. The highest BCUT2D eigenvalue weighted by Gasteiger charge is 2.20. The van der Waals surface area contributed by atoms with Gasteiger partial charge in [0.05, 0.1) is 60.0 Å². The molecule has 2 aliphatic rings. The minimum absolute atomic E-state index is 0.0346. The highest BCUT2D eigenvalue weighted by molar-refractivity contribution is 7.99. The molecule has 8 rings (SSSR count). The topological polar surface area (TPSA) is 169 Å². The summed E-state index contributed by atoms with van der Waals surface area (Å²) in [5.74, 6) is 3.12. The van der Waals surface area contributed by atoms with Gasteiger partial charge < -0.3 is 33.2 Å². The molecular weight excluding hydrogens is 901 g/mol. The van der Waals surface area contributed by atoms with E-state index in [1.165, 1.54) is 5.56 Å². The molecule has 66 heavy (non-hydrogen) atoms. The number of thiol groups is 1. The van der Waals surface area contributed by atoms with Crippen LogP contribution in [0.2, 0.25) is 0 Å². The van der Waals surface area contributed by atoms with Gasteiger partial charge in [0.2, 0.25) is 0 Å². The number of ether oxygens (including phenoxy) is 7. The number of nitrogens with zero attached hydrogens (tertiary/aromatic N) is 8. The quantitative estimate of drug-likeness (QED) is 0.0347. The van der Waals surface area contributed by atoms with E-state index >= 15 is 0 Å². The van der Waals surface area contributed by atoms with E-state index in [4.69, 9.17) is 33.5 Å². The normalized spacial score (nSPS) is 16.0. The smallest absolute Gasteiger partial charge is 0.319 e. The number of aromatic nitrogens is 8. The molecule has 3 unspecified atom stereocenters. The van der Waals surface area contributed by atoms with E-state index in [2.05, 4.69) is 73.6 Å². The molecule has 2 saturated heterocycles. The van der Waals surface area contributed by atoms with Crippen LogP contribution in [0.1, 0.15) is 36.8 Å². The zero-order valence-electron chi connectivity index (χ0n) is 38.2. The van der Waals surface area contributed by atoms with Gasteiger partial charge in [0.15, 0.2) is 11.6 Å². The molecule has 2 fully saturated rings. The second-order valence-corrected chi connectivity index (χ2v) is 18.3. The van der Waals surface area contributed by atoms with Gasteiger partial charge in [-0.05, 0) is 63.8 Å². The third kappa shape index (κ3) is 16.0. The van der Waals surface area contributed by atoms with Crippen LogP contribution in [0.5, 0.6) is 12.0 Å². The lowest BCUT2D eigenvalue weighted by Crippen LogP contribution is -2.18. The summed E-state index contributed by atoms with van der Waals surface area (Å²) in [6, 6.07) is 24.5. The summed E-state index contributed by atoms with van der Waals surface area (Å²) in [6.07, 6.45) is 7.93. The Morgan fingerprint density at radius 2 is 1.24 bits per heavy atom. The molecule has 354 valence electrons. The predicted molar refractivity (Wildman–Crippen MR) is 259 cm³/mol. The molecule has 16 nitrogen and oxygen atoms in total. The maximum Gasteiger partial charge on any atom is 0.319 e. The third-order valence-electron chi connectivity index (χ3n) is 10.00. The molecular formula is C47H60N8O8S3. The molecule has 0 spiro atoms. The SMILES string of the molecule is COCCS.COCCS(=O)c1cc(-n2ccc(-c3cccc(C)c3)n2)nc(OCC2CCCO2)n1.COCCSc1cc(-n2ccc(-c3cccc(C)c3)n2)nc(OCC2CCCO2)n1. The molecule has 2 aliphatic heterocycles. The van der Waals surface area contributed by atoms with E-state index in [0.717, 1.165) is 90.1 Å². The average Bonchev–Trinajstić information content (AvgIpc) is 4.20. The van der Waals surface area contributed by atoms with Gasteiger partial charge in [-0.1, -0.05) is 47.5 Å². The zero-order chi connectivity index (χ0) is 46.5. The molecule has 3 atom stereocenters. The molecule has 4 aromatic heterocycles. The lowest BCUT2D eigenvalue weighted by Gasteiger charge is -2.12. The van der Waals surface area contributed by atoms with Crippen LogP contribution in [0, 0.1) is 13.8 Å². The molecule has 0 amide bonds. The first kappa shape index (κ1) is 50.7. The molecule has 6 heterocycles.